The molecule has 1 atom stereocenters. The second-order valence-corrected chi connectivity index (χ2v) is 7.75. The molecule has 1 unspecified atom stereocenters. The van der Waals surface area contributed by atoms with Crippen molar-refractivity contribution in [1.29, 1.82) is 0 Å². The minimum Gasteiger partial charge on any atom is -0.481 e. The lowest BCUT2D eigenvalue weighted by Crippen LogP contribution is -2.23. The van der Waals surface area contributed by atoms with E-state index >= 15 is 0 Å². The molecule has 0 spiro atoms. The summed E-state index contributed by atoms with van der Waals surface area (Å²) in [6.45, 7) is 0.750. The van der Waals surface area contributed by atoms with Crippen molar-refractivity contribution in [2.45, 2.75) is 44.6 Å². The highest BCUT2D eigenvalue weighted by Crippen LogP contribution is 2.33. The zero-order chi connectivity index (χ0) is 20.4. The van der Waals surface area contributed by atoms with E-state index < -0.39 is 17.6 Å². The Morgan fingerprint density at radius 2 is 1.90 bits per heavy atom. The van der Waals surface area contributed by atoms with Crippen molar-refractivity contribution < 1.29 is 23.4 Å². The first-order valence-corrected chi connectivity index (χ1v) is 9.94. The Kier molecular flexibility index (Phi) is 5.60. The molecule has 1 saturated heterocycles. The van der Waals surface area contributed by atoms with E-state index in [2.05, 4.69) is 9.97 Å². The average molecular weight is 403 g/mol. The predicted molar refractivity (Wildman–Crippen MR) is 103 cm³/mol. The molecule has 4 rings (SSSR count). The molecule has 1 N–H and O–H groups in total. The Labute approximate surface area is 167 Å². The van der Waals surface area contributed by atoms with Crippen LogP contribution in [0.1, 0.15) is 38.5 Å². The molecule has 1 aliphatic carbocycles. The number of rotatable bonds is 6. The SMILES string of the molecule is O=C(O)CC1CCN(c2c(F)cc(-c3cncc(OC4CCCC4)n3)cc2F)C1. The molecule has 6 nitrogen and oxygen atoms in total. The molecule has 1 aromatic heterocycles. The maximum atomic E-state index is 14.8. The van der Waals surface area contributed by atoms with Crippen LogP contribution in [-0.2, 0) is 4.79 Å². The number of benzene rings is 1. The van der Waals surface area contributed by atoms with Crippen LogP contribution in [-0.4, -0.2) is 40.2 Å². The van der Waals surface area contributed by atoms with Gasteiger partial charge in [-0.15, -0.1) is 0 Å². The normalized spacial score (nSPS) is 19.7. The van der Waals surface area contributed by atoms with Crippen LogP contribution < -0.4 is 9.64 Å². The Morgan fingerprint density at radius 3 is 2.59 bits per heavy atom. The van der Waals surface area contributed by atoms with Crippen molar-refractivity contribution in [2.75, 3.05) is 18.0 Å². The Hall–Kier alpha value is -2.77. The van der Waals surface area contributed by atoms with Gasteiger partial charge in [-0.25, -0.2) is 13.8 Å². The fourth-order valence-electron chi connectivity index (χ4n) is 4.19. The lowest BCUT2D eigenvalue weighted by Gasteiger charge is -2.20. The topological polar surface area (TPSA) is 75.5 Å². The molecule has 8 heteroatoms. The summed E-state index contributed by atoms with van der Waals surface area (Å²) in [5.74, 6) is -2.04. The van der Waals surface area contributed by atoms with Crippen LogP contribution in [0.3, 0.4) is 0 Å². The van der Waals surface area contributed by atoms with Gasteiger partial charge in [0.1, 0.15) is 23.4 Å². The second kappa shape index (κ2) is 8.31. The summed E-state index contributed by atoms with van der Waals surface area (Å²) in [5, 5.41) is 8.92. The van der Waals surface area contributed by atoms with Crippen molar-refractivity contribution in [2.24, 2.45) is 5.92 Å². The van der Waals surface area contributed by atoms with Gasteiger partial charge in [0.05, 0.1) is 18.1 Å². The molecule has 2 heterocycles. The zero-order valence-corrected chi connectivity index (χ0v) is 16.0. The third-order valence-corrected chi connectivity index (χ3v) is 5.58. The van der Waals surface area contributed by atoms with Crippen molar-refractivity contribution >= 4 is 11.7 Å². The molecule has 1 aliphatic heterocycles. The molecule has 29 heavy (non-hydrogen) atoms. The minimum absolute atomic E-state index is 0.00119. The van der Waals surface area contributed by atoms with Gasteiger partial charge < -0.3 is 14.7 Å². The summed E-state index contributed by atoms with van der Waals surface area (Å²) in [5.41, 5.74) is 0.511. The Balaban J connectivity index is 1.53. The van der Waals surface area contributed by atoms with Crippen LogP contribution in [0, 0.1) is 17.6 Å². The summed E-state index contributed by atoms with van der Waals surface area (Å²) >= 11 is 0. The number of nitrogens with zero attached hydrogens (tertiary/aromatic N) is 3. The van der Waals surface area contributed by atoms with E-state index in [4.69, 9.17) is 9.84 Å². The number of aromatic nitrogens is 2. The third-order valence-electron chi connectivity index (χ3n) is 5.58. The first kappa shape index (κ1) is 19.5. The minimum atomic E-state index is -0.897. The van der Waals surface area contributed by atoms with Gasteiger partial charge in [-0.1, -0.05) is 0 Å². The van der Waals surface area contributed by atoms with Crippen LogP contribution in [0.5, 0.6) is 5.88 Å². The average Bonchev–Trinajstić information content (AvgIpc) is 3.33. The number of anilines is 1. The fraction of sp³-hybridized carbons (Fsp3) is 0.476. The largest absolute Gasteiger partial charge is 0.481 e. The van der Waals surface area contributed by atoms with E-state index in [0.29, 0.717) is 31.1 Å². The van der Waals surface area contributed by atoms with E-state index in [1.165, 1.54) is 24.5 Å². The highest BCUT2D eigenvalue weighted by molar-refractivity contribution is 5.68. The monoisotopic (exact) mass is 403 g/mol. The molecule has 2 fully saturated rings. The smallest absolute Gasteiger partial charge is 0.303 e. The van der Waals surface area contributed by atoms with Gasteiger partial charge >= 0.3 is 5.97 Å². The number of halogens is 2. The molecule has 2 aromatic rings. The van der Waals surface area contributed by atoms with Gasteiger partial charge in [-0.3, -0.25) is 9.78 Å². The highest BCUT2D eigenvalue weighted by Gasteiger charge is 2.28. The van der Waals surface area contributed by atoms with Crippen LogP contribution in [0.15, 0.2) is 24.5 Å². The number of carboxylic acid groups (broad SMARTS) is 1. The summed E-state index contributed by atoms with van der Waals surface area (Å²) < 4.78 is 35.4. The third kappa shape index (κ3) is 4.46. The van der Waals surface area contributed by atoms with E-state index in [0.717, 1.165) is 25.7 Å². The van der Waals surface area contributed by atoms with Gasteiger partial charge in [0.25, 0.3) is 0 Å². The summed E-state index contributed by atoms with van der Waals surface area (Å²) in [7, 11) is 0. The number of carboxylic acids is 1. The van der Waals surface area contributed by atoms with Crippen LogP contribution in [0.4, 0.5) is 14.5 Å². The molecule has 0 amide bonds. The summed E-state index contributed by atoms with van der Waals surface area (Å²) in [6.07, 6.45) is 7.87. The lowest BCUT2D eigenvalue weighted by atomic mass is 10.1. The van der Waals surface area contributed by atoms with E-state index in [9.17, 15) is 13.6 Å². The summed E-state index contributed by atoms with van der Waals surface area (Å²) in [6, 6.07) is 2.48. The highest BCUT2D eigenvalue weighted by atomic mass is 19.1. The van der Waals surface area contributed by atoms with E-state index in [-0.39, 0.29) is 29.7 Å². The first-order chi connectivity index (χ1) is 14.0. The van der Waals surface area contributed by atoms with Gasteiger partial charge in [0, 0.05) is 25.1 Å². The molecular formula is C21H23F2N3O3. The number of ether oxygens (including phenoxy) is 1. The quantitative estimate of drug-likeness (QED) is 0.785. The molecule has 0 bridgehead atoms. The first-order valence-electron chi connectivity index (χ1n) is 9.94. The van der Waals surface area contributed by atoms with E-state index in [1.54, 1.807) is 4.90 Å². The van der Waals surface area contributed by atoms with Gasteiger partial charge in [0.2, 0.25) is 5.88 Å². The maximum absolute atomic E-state index is 14.8. The number of carbonyl (C=O) groups is 1. The Morgan fingerprint density at radius 1 is 1.17 bits per heavy atom. The lowest BCUT2D eigenvalue weighted by molar-refractivity contribution is -0.137. The van der Waals surface area contributed by atoms with Crippen LogP contribution in [0.2, 0.25) is 0 Å². The fourth-order valence-corrected chi connectivity index (χ4v) is 4.19. The van der Waals surface area contributed by atoms with Crippen molar-refractivity contribution in [3.05, 3.63) is 36.2 Å². The maximum Gasteiger partial charge on any atom is 0.303 e. The standard InChI is InChI=1S/C21H23F2N3O3/c22-16-8-14(18-10-24-11-19(25-18)29-15-3-1-2-4-15)9-17(23)21(16)26-6-5-13(12-26)7-20(27)28/h8-11,13,15H,1-7,12H2,(H,27,28). The Bertz CT molecular complexity index is 879. The molecule has 1 saturated carbocycles. The van der Waals surface area contributed by atoms with Crippen molar-refractivity contribution in [1.82, 2.24) is 9.97 Å². The van der Waals surface area contributed by atoms with Crippen molar-refractivity contribution in [3.8, 4) is 17.1 Å². The second-order valence-electron chi connectivity index (χ2n) is 7.75. The zero-order valence-electron chi connectivity index (χ0n) is 16.0. The summed E-state index contributed by atoms with van der Waals surface area (Å²) in [4.78, 5) is 20.9. The van der Waals surface area contributed by atoms with Crippen LogP contribution >= 0.6 is 0 Å². The molecule has 154 valence electrons. The van der Waals surface area contributed by atoms with Gasteiger partial charge in [-0.2, -0.15) is 0 Å². The molecule has 0 radical (unpaired) electrons. The number of hydrogen-bond acceptors (Lipinski definition) is 5. The van der Waals surface area contributed by atoms with E-state index in [1.807, 2.05) is 0 Å². The van der Waals surface area contributed by atoms with Gasteiger partial charge in [0.15, 0.2) is 0 Å². The molecular weight excluding hydrogens is 380 g/mol. The number of aliphatic carboxylic acids is 1. The van der Waals surface area contributed by atoms with Gasteiger partial charge in [-0.05, 0) is 50.2 Å². The van der Waals surface area contributed by atoms with Crippen molar-refractivity contribution in [3.63, 3.8) is 0 Å². The van der Waals surface area contributed by atoms with Crippen LogP contribution in [0.25, 0.3) is 11.3 Å². The predicted octanol–water partition coefficient (Wildman–Crippen LogP) is 4.04. The number of hydrogen-bond donors (Lipinski definition) is 1. The molecule has 2 aliphatic rings. The molecule has 1 aromatic carbocycles.